The summed E-state index contributed by atoms with van der Waals surface area (Å²) in [5, 5.41) is 5.87. The Labute approximate surface area is 177 Å². The Kier molecular flexibility index (Phi) is 4.43. The predicted molar refractivity (Wildman–Crippen MR) is 110 cm³/mol. The van der Waals surface area contributed by atoms with E-state index in [0.717, 1.165) is 4.90 Å². The number of methoxy groups -OCH3 is 1. The van der Waals surface area contributed by atoms with Gasteiger partial charge in [0, 0.05) is 11.8 Å². The molecule has 0 aliphatic carbocycles. The number of nitrogens with zero attached hydrogens (tertiary/aromatic N) is 3. The van der Waals surface area contributed by atoms with Gasteiger partial charge in [0.15, 0.2) is 5.78 Å². The van der Waals surface area contributed by atoms with Crippen molar-refractivity contribution in [3.8, 4) is 5.75 Å². The molecule has 2 fully saturated rings. The third kappa shape index (κ3) is 2.86. The van der Waals surface area contributed by atoms with Crippen molar-refractivity contribution >= 4 is 29.5 Å². The summed E-state index contributed by atoms with van der Waals surface area (Å²) in [6, 6.07) is 10.3. The number of fused-ring (bicyclic) bond motifs is 3. The number of carbonyl (C=O) groups excluding carboxylic acids is 3. The van der Waals surface area contributed by atoms with Crippen LogP contribution in [0, 0.1) is 17.7 Å². The minimum atomic E-state index is -0.925. The zero-order valence-corrected chi connectivity index (χ0v) is 16.5. The molecule has 0 saturated carbocycles. The highest BCUT2D eigenvalue weighted by atomic mass is 19.1. The van der Waals surface area contributed by atoms with Crippen LogP contribution >= 0.6 is 0 Å². The fraction of sp³-hybridized carbons (Fsp3) is 0.217. The van der Waals surface area contributed by atoms with Crippen LogP contribution in [0.15, 0.2) is 65.8 Å². The van der Waals surface area contributed by atoms with E-state index in [1.54, 1.807) is 47.6 Å². The van der Waals surface area contributed by atoms with Gasteiger partial charge in [0.1, 0.15) is 17.6 Å². The molecular formula is C23H18FN3O4. The number of amides is 2. The fourth-order valence-corrected chi connectivity index (χ4v) is 4.61. The molecule has 5 rings (SSSR count). The van der Waals surface area contributed by atoms with Crippen LogP contribution in [0.25, 0.3) is 0 Å². The minimum absolute atomic E-state index is 0.288. The lowest BCUT2D eigenvalue weighted by atomic mass is 9.86. The standard InChI is InChI=1S/C23H18FN3O4/c1-31-16-10-4-13(5-11-16)21(28)20-19-18(17-3-2-12-25-27(17)20)22(29)26(23(19)30)15-8-6-14(24)7-9-15/h2-12,17-20H,1H3. The fourth-order valence-electron chi connectivity index (χ4n) is 4.61. The Morgan fingerprint density at radius 3 is 2.35 bits per heavy atom. The van der Waals surface area contributed by atoms with Gasteiger partial charge in [-0.2, -0.15) is 5.10 Å². The van der Waals surface area contributed by atoms with Gasteiger partial charge in [0.25, 0.3) is 0 Å². The lowest BCUT2D eigenvalue weighted by Gasteiger charge is -2.30. The topological polar surface area (TPSA) is 79.3 Å². The number of ether oxygens (including phenoxy) is 1. The van der Waals surface area contributed by atoms with E-state index in [0.29, 0.717) is 11.3 Å². The van der Waals surface area contributed by atoms with Crippen molar-refractivity contribution in [3.05, 3.63) is 72.1 Å². The molecule has 156 valence electrons. The minimum Gasteiger partial charge on any atom is -0.497 e. The van der Waals surface area contributed by atoms with Crippen LogP contribution in [0.2, 0.25) is 0 Å². The first kappa shape index (κ1) is 19.2. The number of allylic oxidation sites excluding steroid dienone is 1. The number of carbonyl (C=O) groups is 3. The second-order valence-electron chi connectivity index (χ2n) is 7.60. The first-order chi connectivity index (χ1) is 15.0. The third-order valence-electron chi connectivity index (χ3n) is 6.02. The third-order valence-corrected chi connectivity index (χ3v) is 6.02. The van der Waals surface area contributed by atoms with Gasteiger partial charge in [-0.05, 0) is 54.6 Å². The van der Waals surface area contributed by atoms with E-state index < -0.39 is 41.6 Å². The Bertz CT molecular complexity index is 1130. The number of ketones is 1. The van der Waals surface area contributed by atoms with Gasteiger partial charge in [-0.25, -0.2) is 9.29 Å². The van der Waals surface area contributed by atoms with Crippen LogP contribution in [-0.2, 0) is 9.59 Å². The SMILES string of the molecule is COc1ccc(C(=O)C2C3C(=O)N(c4ccc(F)cc4)C(=O)C3C3C=CC=NN32)cc1. The molecule has 0 aromatic heterocycles. The highest BCUT2D eigenvalue weighted by Gasteiger charge is 2.64. The maximum absolute atomic E-state index is 13.5. The molecule has 3 heterocycles. The van der Waals surface area contributed by atoms with Gasteiger partial charge in [-0.15, -0.1) is 0 Å². The maximum Gasteiger partial charge on any atom is 0.240 e. The van der Waals surface area contributed by atoms with E-state index in [2.05, 4.69) is 5.10 Å². The summed E-state index contributed by atoms with van der Waals surface area (Å²) in [6.45, 7) is 0. The van der Waals surface area contributed by atoms with Gasteiger partial charge in [0.2, 0.25) is 11.8 Å². The molecule has 2 aromatic rings. The molecule has 31 heavy (non-hydrogen) atoms. The molecule has 2 amide bonds. The van der Waals surface area contributed by atoms with Crippen molar-refractivity contribution in [2.75, 3.05) is 12.0 Å². The number of hydrogen-bond acceptors (Lipinski definition) is 6. The average Bonchev–Trinajstić information content (AvgIpc) is 3.27. The van der Waals surface area contributed by atoms with Crippen molar-refractivity contribution in [1.29, 1.82) is 0 Å². The number of halogens is 1. The van der Waals surface area contributed by atoms with Crippen molar-refractivity contribution in [2.24, 2.45) is 16.9 Å². The first-order valence-corrected chi connectivity index (χ1v) is 9.82. The number of hydrazone groups is 1. The van der Waals surface area contributed by atoms with E-state index in [1.165, 1.54) is 31.4 Å². The zero-order chi connectivity index (χ0) is 21.7. The molecule has 2 aromatic carbocycles. The molecule has 0 radical (unpaired) electrons. The Hall–Kier alpha value is -3.81. The lowest BCUT2D eigenvalue weighted by Crippen LogP contribution is -2.46. The number of anilines is 1. The molecule has 3 aliphatic heterocycles. The molecule has 4 unspecified atom stereocenters. The summed E-state index contributed by atoms with van der Waals surface area (Å²) in [5.74, 6) is -2.70. The summed E-state index contributed by atoms with van der Waals surface area (Å²) in [7, 11) is 1.53. The Morgan fingerprint density at radius 1 is 1.00 bits per heavy atom. The van der Waals surface area contributed by atoms with Crippen LogP contribution < -0.4 is 9.64 Å². The van der Waals surface area contributed by atoms with Crippen molar-refractivity contribution in [3.63, 3.8) is 0 Å². The second kappa shape index (κ2) is 7.16. The van der Waals surface area contributed by atoms with Crippen LogP contribution in [0.5, 0.6) is 5.75 Å². The van der Waals surface area contributed by atoms with Crippen molar-refractivity contribution in [2.45, 2.75) is 12.1 Å². The molecule has 3 aliphatic rings. The highest BCUT2D eigenvalue weighted by molar-refractivity contribution is 6.24. The van der Waals surface area contributed by atoms with Gasteiger partial charge >= 0.3 is 0 Å². The Morgan fingerprint density at radius 2 is 1.68 bits per heavy atom. The summed E-state index contributed by atoms with van der Waals surface area (Å²) in [4.78, 5) is 41.2. The van der Waals surface area contributed by atoms with Crippen LogP contribution in [0.4, 0.5) is 10.1 Å². The van der Waals surface area contributed by atoms with Gasteiger partial charge in [0.05, 0.1) is 30.7 Å². The van der Waals surface area contributed by atoms with E-state index in [9.17, 15) is 18.8 Å². The molecule has 8 heteroatoms. The lowest BCUT2D eigenvalue weighted by molar-refractivity contribution is -0.123. The number of hydrogen-bond donors (Lipinski definition) is 0. The highest BCUT2D eigenvalue weighted by Crippen LogP contribution is 2.46. The number of imide groups is 1. The smallest absolute Gasteiger partial charge is 0.240 e. The largest absolute Gasteiger partial charge is 0.497 e. The quantitative estimate of drug-likeness (QED) is 0.562. The van der Waals surface area contributed by atoms with Crippen molar-refractivity contribution in [1.82, 2.24) is 5.01 Å². The molecule has 4 atom stereocenters. The van der Waals surface area contributed by atoms with Gasteiger partial charge in [-0.1, -0.05) is 6.08 Å². The summed E-state index contributed by atoms with van der Waals surface area (Å²) in [5.41, 5.74) is 0.687. The summed E-state index contributed by atoms with van der Waals surface area (Å²) in [6.07, 6.45) is 5.03. The molecule has 0 N–H and O–H groups in total. The van der Waals surface area contributed by atoms with Crippen LogP contribution in [-0.4, -0.2) is 48.0 Å². The zero-order valence-electron chi connectivity index (χ0n) is 16.5. The number of Topliss-reactive ketones (excluding diaryl/α,β-unsaturated/α-hetero) is 1. The summed E-state index contributed by atoms with van der Waals surface area (Å²) >= 11 is 0. The Balaban J connectivity index is 1.55. The van der Waals surface area contributed by atoms with Gasteiger partial charge in [-0.3, -0.25) is 19.4 Å². The van der Waals surface area contributed by atoms with Crippen LogP contribution in [0.3, 0.4) is 0 Å². The number of benzene rings is 2. The predicted octanol–water partition coefficient (Wildman–Crippen LogP) is 2.43. The van der Waals surface area contributed by atoms with E-state index >= 15 is 0 Å². The van der Waals surface area contributed by atoms with Crippen LogP contribution in [0.1, 0.15) is 10.4 Å². The molecule has 7 nitrogen and oxygen atoms in total. The van der Waals surface area contributed by atoms with E-state index in [1.807, 2.05) is 0 Å². The normalized spacial score (nSPS) is 26.3. The number of rotatable bonds is 4. The molecule has 0 bridgehead atoms. The molecule has 2 saturated heterocycles. The van der Waals surface area contributed by atoms with E-state index in [-0.39, 0.29) is 11.5 Å². The van der Waals surface area contributed by atoms with Gasteiger partial charge < -0.3 is 4.74 Å². The van der Waals surface area contributed by atoms with E-state index in [4.69, 9.17) is 4.74 Å². The van der Waals surface area contributed by atoms with Crippen molar-refractivity contribution < 1.29 is 23.5 Å². The first-order valence-electron chi connectivity index (χ1n) is 9.82. The summed E-state index contributed by atoms with van der Waals surface area (Å²) < 4.78 is 18.5. The molecule has 0 spiro atoms. The maximum atomic E-state index is 13.5. The second-order valence-corrected chi connectivity index (χ2v) is 7.60. The average molecular weight is 419 g/mol. The monoisotopic (exact) mass is 419 g/mol. The molecular weight excluding hydrogens is 401 g/mol.